The number of pyridine rings is 1. The SMILES string of the molecule is COc1cc2nc(CCC(C)(C)O)cn2cc1NC(C)=O. The van der Waals surface area contributed by atoms with E-state index in [2.05, 4.69) is 10.3 Å². The molecule has 0 radical (unpaired) electrons. The maximum Gasteiger partial charge on any atom is 0.221 e. The number of anilines is 1. The lowest BCUT2D eigenvalue weighted by Crippen LogP contribution is -2.19. The lowest BCUT2D eigenvalue weighted by Gasteiger charge is -2.15. The molecular formula is C15H21N3O3. The Morgan fingerprint density at radius 3 is 2.76 bits per heavy atom. The minimum atomic E-state index is -0.713. The first kappa shape index (κ1) is 15.3. The number of nitrogens with zero attached hydrogens (tertiary/aromatic N) is 2. The molecule has 0 saturated carbocycles. The number of hydrogen-bond donors (Lipinski definition) is 2. The van der Waals surface area contributed by atoms with Gasteiger partial charge < -0.3 is 19.6 Å². The van der Waals surface area contributed by atoms with Crippen LogP contribution in [0.3, 0.4) is 0 Å². The van der Waals surface area contributed by atoms with E-state index in [1.807, 2.05) is 10.6 Å². The van der Waals surface area contributed by atoms with Crippen LogP contribution in [0.25, 0.3) is 5.65 Å². The van der Waals surface area contributed by atoms with E-state index in [4.69, 9.17) is 4.74 Å². The van der Waals surface area contributed by atoms with Crippen LogP contribution in [0.1, 0.15) is 32.9 Å². The van der Waals surface area contributed by atoms with Crippen molar-refractivity contribution in [2.45, 2.75) is 39.2 Å². The number of imidazole rings is 1. The van der Waals surface area contributed by atoms with Gasteiger partial charge in [-0.25, -0.2) is 4.98 Å². The quantitative estimate of drug-likeness (QED) is 0.883. The van der Waals surface area contributed by atoms with E-state index < -0.39 is 5.60 Å². The normalized spacial score (nSPS) is 11.7. The summed E-state index contributed by atoms with van der Waals surface area (Å²) in [4.78, 5) is 15.7. The van der Waals surface area contributed by atoms with Crippen LogP contribution in [0.5, 0.6) is 5.75 Å². The third-order valence-electron chi connectivity index (χ3n) is 3.13. The molecule has 0 spiro atoms. The Bertz CT molecular complexity index is 656. The van der Waals surface area contributed by atoms with Crippen molar-refractivity contribution in [3.8, 4) is 5.75 Å². The van der Waals surface area contributed by atoms with Gasteiger partial charge in [-0.2, -0.15) is 0 Å². The second kappa shape index (κ2) is 5.73. The Balaban J connectivity index is 2.31. The summed E-state index contributed by atoms with van der Waals surface area (Å²) in [5, 5.41) is 12.5. The van der Waals surface area contributed by atoms with Crippen molar-refractivity contribution < 1.29 is 14.6 Å². The maximum atomic E-state index is 11.2. The van der Waals surface area contributed by atoms with Crippen molar-refractivity contribution in [2.75, 3.05) is 12.4 Å². The number of nitrogens with one attached hydrogen (secondary N) is 1. The van der Waals surface area contributed by atoms with Gasteiger partial charge in [0, 0.05) is 25.4 Å². The second-order valence-corrected chi connectivity index (χ2v) is 5.75. The fourth-order valence-corrected chi connectivity index (χ4v) is 2.08. The van der Waals surface area contributed by atoms with E-state index in [1.54, 1.807) is 33.2 Å². The average molecular weight is 291 g/mol. The largest absolute Gasteiger partial charge is 0.494 e. The average Bonchev–Trinajstić information content (AvgIpc) is 2.75. The van der Waals surface area contributed by atoms with Crippen LogP contribution >= 0.6 is 0 Å². The van der Waals surface area contributed by atoms with Gasteiger partial charge in [-0.3, -0.25) is 4.79 Å². The van der Waals surface area contributed by atoms with Gasteiger partial charge in [0.15, 0.2) is 0 Å². The number of aromatic nitrogens is 2. The zero-order chi connectivity index (χ0) is 15.6. The first-order chi connectivity index (χ1) is 9.78. The minimum absolute atomic E-state index is 0.157. The highest BCUT2D eigenvalue weighted by Gasteiger charge is 2.14. The van der Waals surface area contributed by atoms with Crippen molar-refractivity contribution >= 4 is 17.2 Å². The van der Waals surface area contributed by atoms with Crippen LogP contribution in [0.2, 0.25) is 0 Å². The molecule has 2 rings (SSSR count). The number of hydrogen-bond acceptors (Lipinski definition) is 4. The van der Waals surface area contributed by atoms with Crippen LogP contribution in [0.15, 0.2) is 18.5 Å². The van der Waals surface area contributed by atoms with Crippen molar-refractivity contribution in [2.24, 2.45) is 0 Å². The Labute approximate surface area is 123 Å². The van der Waals surface area contributed by atoms with Crippen molar-refractivity contribution in [3.63, 3.8) is 0 Å². The van der Waals surface area contributed by atoms with Crippen LogP contribution in [0.4, 0.5) is 5.69 Å². The summed E-state index contributed by atoms with van der Waals surface area (Å²) in [6.45, 7) is 5.01. The number of ether oxygens (including phenoxy) is 1. The summed E-state index contributed by atoms with van der Waals surface area (Å²) in [5.74, 6) is 0.410. The molecule has 0 aliphatic carbocycles. The molecule has 0 atom stereocenters. The molecule has 0 bridgehead atoms. The molecule has 1 amide bonds. The standard InChI is InChI=1S/C15H21N3O3/c1-10(19)16-12-9-18-8-11(5-6-15(2,3)20)17-14(18)7-13(12)21-4/h7-9,20H,5-6H2,1-4H3,(H,16,19). The molecule has 2 heterocycles. The van der Waals surface area contributed by atoms with Gasteiger partial charge in [-0.05, 0) is 26.7 Å². The molecule has 0 fully saturated rings. The number of aryl methyl sites for hydroxylation is 1. The summed E-state index contributed by atoms with van der Waals surface area (Å²) >= 11 is 0. The lowest BCUT2D eigenvalue weighted by molar-refractivity contribution is -0.114. The zero-order valence-electron chi connectivity index (χ0n) is 12.8. The van der Waals surface area contributed by atoms with Gasteiger partial charge in [-0.1, -0.05) is 0 Å². The predicted octanol–water partition coefficient (Wildman–Crippen LogP) is 2.00. The minimum Gasteiger partial charge on any atom is -0.494 e. The number of methoxy groups -OCH3 is 1. The summed E-state index contributed by atoms with van der Waals surface area (Å²) in [5.41, 5.74) is 1.52. The van der Waals surface area contributed by atoms with Crippen LogP contribution in [-0.2, 0) is 11.2 Å². The second-order valence-electron chi connectivity index (χ2n) is 5.75. The molecule has 21 heavy (non-hydrogen) atoms. The first-order valence-electron chi connectivity index (χ1n) is 6.84. The molecule has 2 N–H and O–H groups in total. The van der Waals surface area contributed by atoms with Gasteiger partial charge in [0.1, 0.15) is 17.1 Å². The lowest BCUT2D eigenvalue weighted by atomic mass is 10.0. The molecule has 6 nitrogen and oxygen atoms in total. The van der Waals surface area contributed by atoms with E-state index in [9.17, 15) is 9.90 Å². The third kappa shape index (κ3) is 3.95. The molecule has 0 aromatic carbocycles. The highest BCUT2D eigenvalue weighted by Crippen LogP contribution is 2.26. The van der Waals surface area contributed by atoms with E-state index in [0.29, 0.717) is 24.3 Å². The summed E-state index contributed by atoms with van der Waals surface area (Å²) in [7, 11) is 1.55. The third-order valence-corrected chi connectivity index (χ3v) is 3.13. The Hall–Kier alpha value is -2.08. The topological polar surface area (TPSA) is 75.9 Å². The fourth-order valence-electron chi connectivity index (χ4n) is 2.08. The predicted molar refractivity (Wildman–Crippen MR) is 80.7 cm³/mol. The van der Waals surface area contributed by atoms with Gasteiger partial charge in [0.2, 0.25) is 5.91 Å². The fraction of sp³-hybridized carbons (Fsp3) is 0.467. The number of rotatable bonds is 5. The van der Waals surface area contributed by atoms with Crippen LogP contribution in [-0.4, -0.2) is 33.1 Å². The van der Waals surface area contributed by atoms with Gasteiger partial charge in [0.05, 0.1) is 18.4 Å². The Morgan fingerprint density at radius 2 is 2.19 bits per heavy atom. The van der Waals surface area contributed by atoms with Crippen LogP contribution in [0, 0.1) is 0 Å². The van der Waals surface area contributed by atoms with E-state index in [0.717, 1.165) is 11.3 Å². The van der Waals surface area contributed by atoms with Crippen molar-refractivity contribution in [1.29, 1.82) is 0 Å². The van der Waals surface area contributed by atoms with E-state index in [1.165, 1.54) is 6.92 Å². The van der Waals surface area contributed by atoms with Gasteiger partial charge in [0.25, 0.3) is 0 Å². The van der Waals surface area contributed by atoms with Gasteiger partial charge in [-0.15, -0.1) is 0 Å². The van der Waals surface area contributed by atoms with Crippen LogP contribution < -0.4 is 10.1 Å². The molecule has 0 unspecified atom stereocenters. The molecular weight excluding hydrogens is 270 g/mol. The zero-order valence-corrected chi connectivity index (χ0v) is 12.8. The highest BCUT2D eigenvalue weighted by atomic mass is 16.5. The Kier molecular flexibility index (Phi) is 4.18. The molecule has 114 valence electrons. The smallest absolute Gasteiger partial charge is 0.221 e. The summed E-state index contributed by atoms with van der Waals surface area (Å²) < 4.78 is 7.11. The number of amides is 1. The molecule has 6 heteroatoms. The monoisotopic (exact) mass is 291 g/mol. The van der Waals surface area contributed by atoms with E-state index >= 15 is 0 Å². The summed E-state index contributed by atoms with van der Waals surface area (Å²) in [6.07, 6.45) is 4.98. The molecule has 2 aromatic rings. The molecule has 0 aliphatic heterocycles. The maximum absolute atomic E-state index is 11.2. The highest BCUT2D eigenvalue weighted by molar-refractivity contribution is 5.90. The van der Waals surface area contributed by atoms with Crippen molar-refractivity contribution in [3.05, 3.63) is 24.2 Å². The molecule has 0 saturated heterocycles. The number of carbonyl (C=O) groups excluding carboxylic acids is 1. The number of aliphatic hydroxyl groups is 1. The summed E-state index contributed by atoms with van der Waals surface area (Å²) in [6, 6.07) is 1.78. The van der Waals surface area contributed by atoms with Gasteiger partial charge >= 0.3 is 0 Å². The molecule has 2 aromatic heterocycles. The molecule has 0 aliphatic rings. The Morgan fingerprint density at radius 1 is 1.48 bits per heavy atom. The first-order valence-corrected chi connectivity index (χ1v) is 6.84. The van der Waals surface area contributed by atoms with E-state index in [-0.39, 0.29) is 5.91 Å². The number of fused-ring (bicyclic) bond motifs is 1. The number of carbonyl (C=O) groups is 1. The van der Waals surface area contributed by atoms with Crippen molar-refractivity contribution in [1.82, 2.24) is 9.38 Å².